The van der Waals surface area contributed by atoms with Gasteiger partial charge in [-0.15, -0.1) is 0 Å². The van der Waals surface area contributed by atoms with Gasteiger partial charge in [0, 0.05) is 6.07 Å². The molecule has 0 amide bonds. The van der Waals surface area contributed by atoms with E-state index in [4.69, 9.17) is 9.84 Å². The zero-order valence-electron chi connectivity index (χ0n) is 10.5. The van der Waals surface area contributed by atoms with Crippen LogP contribution in [0.2, 0.25) is 0 Å². The average molecular weight is 257 g/mol. The molecule has 1 heterocycles. The van der Waals surface area contributed by atoms with Crippen LogP contribution in [0.15, 0.2) is 48.5 Å². The van der Waals surface area contributed by atoms with Crippen molar-refractivity contribution in [3.63, 3.8) is 0 Å². The van der Waals surface area contributed by atoms with Crippen molar-refractivity contribution in [3.8, 4) is 5.88 Å². The van der Waals surface area contributed by atoms with Gasteiger partial charge >= 0.3 is 5.97 Å². The van der Waals surface area contributed by atoms with Crippen LogP contribution in [-0.2, 0) is 6.42 Å². The Balaban J connectivity index is 1.80. The van der Waals surface area contributed by atoms with Crippen LogP contribution in [0.4, 0.5) is 0 Å². The summed E-state index contributed by atoms with van der Waals surface area (Å²) in [6.45, 7) is 0.519. The molecule has 0 saturated carbocycles. The number of rotatable bonds is 6. The van der Waals surface area contributed by atoms with Crippen LogP contribution < -0.4 is 4.74 Å². The number of benzene rings is 1. The molecule has 98 valence electrons. The maximum Gasteiger partial charge on any atom is 0.354 e. The number of aryl methyl sites for hydroxylation is 1. The van der Waals surface area contributed by atoms with Gasteiger partial charge in [-0.2, -0.15) is 0 Å². The Morgan fingerprint density at radius 2 is 1.89 bits per heavy atom. The minimum Gasteiger partial charge on any atom is -0.478 e. The summed E-state index contributed by atoms with van der Waals surface area (Å²) in [5.74, 6) is -0.692. The highest BCUT2D eigenvalue weighted by atomic mass is 16.5. The summed E-state index contributed by atoms with van der Waals surface area (Å²) >= 11 is 0. The Bertz CT molecular complexity index is 540. The molecule has 4 nitrogen and oxygen atoms in total. The molecule has 1 N–H and O–H groups in total. The number of carboxylic acid groups (broad SMARTS) is 1. The van der Waals surface area contributed by atoms with Crippen LogP contribution in [0.5, 0.6) is 5.88 Å². The normalized spacial score (nSPS) is 10.1. The van der Waals surface area contributed by atoms with Crippen LogP contribution >= 0.6 is 0 Å². The predicted octanol–water partition coefficient (Wildman–Crippen LogP) is 2.79. The average Bonchev–Trinajstić information content (AvgIpc) is 2.45. The Morgan fingerprint density at radius 1 is 1.11 bits per heavy atom. The molecule has 0 bridgehead atoms. The molecular formula is C15H15NO3. The first kappa shape index (κ1) is 13.1. The van der Waals surface area contributed by atoms with Crippen LogP contribution in [-0.4, -0.2) is 22.7 Å². The second-order valence-electron chi connectivity index (χ2n) is 4.10. The molecule has 0 aliphatic rings. The molecule has 0 unspecified atom stereocenters. The van der Waals surface area contributed by atoms with Gasteiger partial charge in [-0.25, -0.2) is 9.78 Å². The van der Waals surface area contributed by atoms with Gasteiger partial charge in [0.2, 0.25) is 5.88 Å². The third kappa shape index (κ3) is 4.10. The number of carbonyl (C=O) groups is 1. The van der Waals surface area contributed by atoms with Crippen molar-refractivity contribution in [2.24, 2.45) is 0 Å². The van der Waals surface area contributed by atoms with Crippen molar-refractivity contribution in [1.82, 2.24) is 4.98 Å². The molecule has 4 heteroatoms. The van der Waals surface area contributed by atoms with Crippen LogP contribution in [0, 0.1) is 0 Å². The van der Waals surface area contributed by atoms with Crippen molar-refractivity contribution in [2.45, 2.75) is 12.8 Å². The van der Waals surface area contributed by atoms with E-state index in [0.717, 1.165) is 12.8 Å². The Hall–Kier alpha value is -2.36. The summed E-state index contributed by atoms with van der Waals surface area (Å²) in [4.78, 5) is 14.6. The largest absolute Gasteiger partial charge is 0.478 e. The van der Waals surface area contributed by atoms with Gasteiger partial charge < -0.3 is 9.84 Å². The number of carboxylic acids is 1. The summed E-state index contributed by atoms with van der Waals surface area (Å²) in [6.07, 6.45) is 1.79. The lowest BCUT2D eigenvalue weighted by molar-refractivity contribution is 0.0689. The predicted molar refractivity (Wildman–Crippen MR) is 71.5 cm³/mol. The number of aromatic nitrogens is 1. The molecule has 0 radical (unpaired) electrons. The van der Waals surface area contributed by atoms with E-state index in [0.29, 0.717) is 12.5 Å². The van der Waals surface area contributed by atoms with E-state index in [9.17, 15) is 4.79 Å². The lowest BCUT2D eigenvalue weighted by Gasteiger charge is -2.05. The number of pyridine rings is 1. The van der Waals surface area contributed by atoms with Gasteiger partial charge in [-0.1, -0.05) is 36.4 Å². The molecule has 19 heavy (non-hydrogen) atoms. The molecule has 0 fully saturated rings. The molecule has 0 spiro atoms. The minimum atomic E-state index is -1.05. The SMILES string of the molecule is O=C(O)c1cccc(OCCCc2ccccc2)n1. The van der Waals surface area contributed by atoms with Crippen LogP contribution in [0.25, 0.3) is 0 Å². The molecule has 0 aliphatic carbocycles. The highest BCUT2D eigenvalue weighted by Gasteiger charge is 2.05. The Labute approximate surface area is 111 Å². The van der Waals surface area contributed by atoms with Gasteiger partial charge in [0.1, 0.15) is 0 Å². The molecule has 1 aromatic carbocycles. The van der Waals surface area contributed by atoms with E-state index < -0.39 is 5.97 Å². The first-order valence-electron chi connectivity index (χ1n) is 6.13. The molecule has 0 atom stereocenters. The van der Waals surface area contributed by atoms with E-state index in [2.05, 4.69) is 17.1 Å². The second-order valence-corrected chi connectivity index (χ2v) is 4.10. The molecule has 1 aromatic heterocycles. The first-order valence-corrected chi connectivity index (χ1v) is 6.13. The van der Waals surface area contributed by atoms with Crippen molar-refractivity contribution < 1.29 is 14.6 Å². The fraction of sp³-hybridized carbons (Fsp3) is 0.200. The van der Waals surface area contributed by atoms with Gasteiger partial charge in [-0.3, -0.25) is 0 Å². The summed E-state index contributed by atoms with van der Waals surface area (Å²) in [7, 11) is 0. The molecular weight excluding hydrogens is 242 g/mol. The third-order valence-corrected chi connectivity index (χ3v) is 2.65. The number of aromatic carboxylic acids is 1. The molecule has 2 rings (SSSR count). The standard InChI is InChI=1S/C15H15NO3/c17-15(18)13-9-4-10-14(16-13)19-11-5-8-12-6-2-1-3-7-12/h1-4,6-7,9-10H,5,8,11H2,(H,17,18). The summed E-state index contributed by atoms with van der Waals surface area (Å²) in [6, 6.07) is 14.9. The summed E-state index contributed by atoms with van der Waals surface area (Å²) in [5.41, 5.74) is 1.26. The van der Waals surface area contributed by atoms with Crippen molar-refractivity contribution in [1.29, 1.82) is 0 Å². The fourth-order valence-electron chi connectivity index (χ4n) is 1.71. The van der Waals surface area contributed by atoms with Gasteiger partial charge in [-0.05, 0) is 24.5 Å². The van der Waals surface area contributed by atoms with E-state index in [-0.39, 0.29) is 5.69 Å². The monoisotopic (exact) mass is 257 g/mol. The maximum absolute atomic E-state index is 10.8. The summed E-state index contributed by atoms with van der Waals surface area (Å²) < 4.78 is 5.44. The van der Waals surface area contributed by atoms with Crippen molar-refractivity contribution in [2.75, 3.05) is 6.61 Å². The first-order chi connectivity index (χ1) is 9.25. The number of nitrogens with zero attached hydrogens (tertiary/aromatic N) is 1. The maximum atomic E-state index is 10.8. The Morgan fingerprint density at radius 3 is 2.63 bits per heavy atom. The highest BCUT2D eigenvalue weighted by Crippen LogP contribution is 2.09. The zero-order chi connectivity index (χ0) is 13.5. The number of hydrogen-bond acceptors (Lipinski definition) is 3. The van der Waals surface area contributed by atoms with E-state index in [1.54, 1.807) is 12.1 Å². The van der Waals surface area contributed by atoms with Crippen molar-refractivity contribution in [3.05, 3.63) is 59.8 Å². The van der Waals surface area contributed by atoms with E-state index in [1.807, 2.05) is 18.2 Å². The van der Waals surface area contributed by atoms with E-state index >= 15 is 0 Å². The van der Waals surface area contributed by atoms with Crippen LogP contribution in [0.1, 0.15) is 22.5 Å². The highest BCUT2D eigenvalue weighted by molar-refractivity contribution is 5.85. The van der Waals surface area contributed by atoms with E-state index in [1.165, 1.54) is 11.6 Å². The van der Waals surface area contributed by atoms with Gasteiger partial charge in [0.25, 0.3) is 0 Å². The fourth-order valence-corrected chi connectivity index (χ4v) is 1.71. The molecule has 2 aromatic rings. The second kappa shape index (κ2) is 6.54. The molecule has 0 saturated heterocycles. The topological polar surface area (TPSA) is 59.4 Å². The lowest BCUT2D eigenvalue weighted by atomic mass is 10.1. The zero-order valence-corrected chi connectivity index (χ0v) is 10.5. The number of hydrogen-bond donors (Lipinski definition) is 1. The van der Waals surface area contributed by atoms with Gasteiger partial charge in [0.15, 0.2) is 5.69 Å². The van der Waals surface area contributed by atoms with Crippen molar-refractivity contribution >= 4 is 5.97 Å². The van der Waals surface area contributed by atoms with Crippen LogP contribution in [0.3, 0.4) is 0 Å². The number of ether oxygens (including phenoxy) is 1. The smallest absolute Gasteiger partial charge is 0.354 e. The summed E-state index contributed by atoms with van der Waals surface area (Å²) in [5, 5.41) is 8.81. The van der Waals surface area contributed by atoms with Gasteiger partial charge in [0.05, 0.1) is 6.61 Å². The quantitative estimate of drug-likeness (QED) is 0.808. The third-order valence-electron chi connectivity index (χ3n) is 2.65. The Kier molecular flexibility index (Phi) is 4.50. The lowest BCUT2D eigenvalue weighted by Crippen LogP contribution is -2.04. The molecule has 0 aliphatic heterocycles. The minimum absolute atomic E-state index is 0.000518.